The van der Waals surface area contributed by atoms with Crippen LogP contribution in [-0.2, 0) is 0 Å². The van der Waals surface area contributed by atoms with Gasteiger partial charge in [-0.15, -0.1) is 0 Å². The molecule has 3 nitrogen and oxygen atoms in total. The summed E-state index contributed by atoms with van der Waals surface area (Å²) in [4.78, 5) is 9.68. The van der Waals surface area contributed by atoms with Gasteiger partial charge in [0.05, 0.1) is 12.1 Å². The van der Waals surface area contributed by atoms with Gasteiger partial charge in [-0.25, -0.2) is 0 Å². The van der Waals surface area contributed by atoms with Gasteiger partial charge in [0, 0.05) is 0 Å². The standard InChI is InChI=1S/C5H11NO2/c1-4(6-8)3-5(2)7/h4-5,7H,3H2,1-2H3/t4-,5+/m1/s1. The highest BCUT2D eigenvalue weighted by atomic mass is 16.3. The maximum atomic E-state index is 9.68. The van der Waals surface area contributed by atoms with Crippen LogP contribution in [0.5, 0.6) is 0 Å². The van der Waals surface area contributed by atoms with Crippen LogP contribution in [0.15, 0.2) is 5.18 Å². The van der Waals surface area contributed by atoms with E-state index >= 15 is 0 Å². The van der Waals surface area contributed by atoms with Gasteiger partial charge >= 0.3 is 0 Å². The summed E-state index contributed by atoms with van der Waals surface area (Å²) in [7, 11) is 0. The molecule has 0 saturated carbocycles. The molecular weight excluding hydrogens is 106 g/mol. The predicted molar refractivity (Wildman–Crippen MR) is 31.6 cm³/mol. The zero-order valence-electron chi connectivity index (χ0n) is 5.16. The van der Waals surface area contributed by atoms with Crippen molar-refractivity contribution in [3.05, 3.63) is 4.91 Å². The Morgan fingerprint density at radius 2 is 2.12 bits per heavy atom. The van der Waals surface area contributed by atoms with E-state index in [4.69, 9.17) is 5.11 Å². The molecule has 0 aliphatic carbocycles. The van der Waals surface area contributed by atoms with Gasteiger partial charge in [-0.1, -0.05) is 5.18 Å². The Morgan fingerprint density at radius 3 is 2.25 bits per heavy atom. The first kappa shape index (κ1) is 7.56. The molecule has 0 aromatic rings. The third kappa shape index (κ3) is 3.74. The molecule has 0 aliphatic heterocycles. The van der Waals surface area contributed by atoms with Gasteiger partial charge in [-0.2, -0.15) is 4.91 Å². The van der Waals surface area contributed by atoms with Crippen molar-refractivity contribution in [2.45, 2.75) is 32.4 Å². The van der Waals surface area contributed by atoms with Gasteiger partial charge in [0.15, 0.2) is 0 Å². The second kappa shape index (κ2) is 3.55. The second-order valence-electron chi connectivity index (χ2n) is 2.04. The Morgan fingerprint density at radius 1 is 1.62 bits per heavy atom. The number of nitrogens with zero attached hydrogens (tertiary/aromatic N) is 1. The van der Waals surface area contributed by atoms with E-state index in [9.17, 15) is 4.91 Å². The zero-order valence-corrected chi connectivity index (χ0v) is 5.16. The predicted octanol–water partition coefficient (Wildman–Crippen LogP) is 0.912. The normalized spacial score (nSPS) is 17.4. The topological polar surface area (TPSA) is 49.7 Å². The minimum atomic E-state index is -0.414. The molecule has 3 heteroatoms. The van der Waals surface area contributed by atoms with Crippen LogP contribution in [0.4, 0.5) is 0 Å². The summed E-state index contributed by atoms with van der Waals surface area (Å²) in [5.74, 6) is 0. The van der Waals surface area contributed by atoms with E-state index in [1.54, 1.807) is 13.8 Å². The molecule has 0 fully saturated rings. The highest BCUT2D eigenvalue weighted by molar-refractivity contribution is 4.60. The van der Waals surface area contributed by atoms with Gasteiger partial charge in [0.2, 0.25) is 0 Å². The molecule has 0 bridgehead atoms. The lowest BCUT2D eigenvalue weighted by Gasteiger charge is -2.02. The lowest BCUT2D eigenvalue weighted by atomic mass is 10.2. The molecule has 48 valence electrons. The van der Waals surface area contributed by atoms with E-state index in [0.717, 1.165) is 0 Å². The summed E-state index contributed by atoms with van der Waals surface area (Å²) < 4.78 is 0. The van der Waals surface area contributed by atoms with Crippen LogP contribution in [-0.4, -0.2) is 17.3 Å². The molecule has 0 amide bonds. The fourth-order valence-electron chi connectivity index (χ4n) is 0.537. The summed E-state index contributed by atoms with van der Waals surface area (Å²) in [6.45, 7) is 3.32. The van der Waals surface area contributed by atoms with Crippen LogP contribution in [0.25, 0.3) is 0 Å². The maximum absolute atomic E-state index is 9.68. The quantitative estimate of drug-likeness (QED) is 0.558. The van der Waals surface area contributed by atoms with E-state index in [1.807, 2.05) is 0 Å². The number of aliphatic hydroxyl groups excluding tert-OH is 1. The minimum absolute atomic E-state index is 0.255. The van der Waals surface area contributed by atoms with Crippen molar-refractivity contribution in [2.24, 2.45) is 5.18 Å². The van der Waals surface area contributed by atoms with E-state index in [0.29, 0.717) is 6.42 Å². The molecule has 0 heterocycles. The van der Waals surface area contributed by atoms with E-state index in [-0.39, 0.29) is 6.04 Å². The molecule has 0 aromatic heterocycles. The van der Waals surface area contributed by atoms with Gasteiger partial charge in [0.25, 0.3) is 0 Å². The summed E-state index contributed by atoms with van der Waals surface area (Å²) in [5.41, 5.74) is 0. The van der Waals surface area contributed by atoms with Crippen molar-refractivity contribution in [1.82, 2.24) is 0 Å². The molecule has 0 aromatic carbocycles. The Labute approximate surface area is 48.7 Å². The van der Waals surface area contributed by atoms with Gasteiger partial charge < -0.3 is 5.11 Å². The molecule has 0 saturated heterocycles. The summed E-state index contributed by atoms with van der Waals surface area (Å²) >= 11 is 0. The number of aliphatic hydroxyl groups is 1. The molecule has 1 N–H and O–H groups in total. The average Bonchev–Trinajstić information content (AvgIpc) is 1.65. The van der Waals surface area contributed by atoms with Crippen molar-refractivity contribution in [1.29, 1.82) is 0 Å². The first-order valence-electron chi connectivity index (χ1n) is 2.67. The second-order valence-corrected chi connectivity index (χ2v) is 2.04. The Hall–Kier alpha value is -0.440. The number of nitroso groups, excluding NO2 is 1. The third-order valence-corrected chi connectivity index (χ3v) is 0.862. The Balaban J connectivity index is 3.23. The monoisotopic (exact) mass is 117 g/mol. The van der Waals surface area contributed by atoms with E-state index in [1.165, 1.54) is 0 Å². The largest absolute Gasteiger partial charge is 0.393 e. The summed E-state index contributed by atoms with van der Waals surface area (Å²) in [6.07, 6.45) is 0.0476. The van der Waals surface area contributed by atoms with Gasteiger partial charge in [0.1, 0.15) is 0 Å². The highest BCUT2D eigenvalue weighted by Gasteiger charge is 2.03. The summed E-state index contributed by atoms with van der Waals surface area (Å²) in [5, 5.41) is 11.4. The average molecular weight is 117 g/mol. The van der Waals surface area contributed by atoms with Gasteiger partial charge in [-0.05, 0) is 20.3 Å². The van der Waals surface area contributed by atoms with Gasteiger partial charge in [-0.3, -0.25) is 0 Å². The molecule has 0 spiro atoms. The van der Waals surface area contributed by atoms with Crippen LogP contribution in [0.1, 0.15) is 20.3 Å². The van der Waals surface area contributed by atoms with E-state index < -0.39 is 6.10 Å². The smallest absolute Gasteiger partial charge is 0.0916 e. The number of hydrogen-bond donors (Lipinski definition) is 1. The molecular formula is C5H11NO2. The molecule has 2 atom stereocenters. The lowest BCUT2D eigenvalue weighted by Crippen LogP contribution is -2.08. The molecule has 0 radical (unpaired) electrons. The molecule has 8 heavy (non-hydrogen) atoms. The van der Waals surface area contributed by atoms with Crippen LogP contribution < -0.4 is 0 Å². The van der Waals surface area contributed by atoms with Crippen LogP contribution in [0.2, 0.25) is 0 Å². The van der Waals surface area contributed by atoms with Crippen molar-refractivity contribution in [3.63, 3.8) is 0 Å². The Kier molecular flexibility index (Phi) is 3.35. The van der Waals surface area contributed by atoms with E-state index in [2.05, 4.69) is 5.18 Å². The Bertz CT molecular complexity index is 72.8. The zero-order chi connectivity index (χ0) is 6.57. The van der Waals surface area contributed by atoms with Crippen molar-refractivity contribution in [2.75, 3.05) is 0 Å². The lowest BCUT2D eigenvalue weighted by molar-refractivity contribution is 0.177. The third-order valence-electron chi connectivity index (χ3n) is 0.862. The first-order chi connectivity index (χ1) is 3.66. The fourth-order valence-corrected chi connectivity index (χ4v) is 0.537. The van der Waals surface area contributed by atoms with Crippen LogP contribution in [0.3, 0.4) is 0 Å². The van der Waals surface area contributed by atoms with Crippen LogP contribution >= 0.6 is 0 Å². The van der Waals surface area contributed by atoms with Crippen molar-refractivity contribution in [3.8, 4) is 0 Å². The minimum Gasteiger partial charge on any atom is -0.393 e. The number of hydrogen-bond acceptors (Lipinski definition) is 3. The molecule has 0 aliphatic rings. The summed E-state index contributed by atoms with van der Waals surface area (Å²) in [6, 6.07) is -0.255. The first-order valence-corrected chi connectivity index (χ1v) is 2.67. The molecule has 0 rings (SSSR count). The SMILES string of the molecule is C[C@H](O)C[C@@H](C)N=O. The number of rotatable bonds is 3. The molecule has 0 unspecified atom stereocenters. The van der Waals surface area contributed by atoms with Crippen molar-refractivity contribution >= 4 is 0 Å². The van der Waals surface area contributed by atoms with Crippen LogP contribution in [0, 0.1) is 4.91 Å². The van der Waals surface area contributed by atoms with Crippen molar-refractivity contribution < 1.29 is 5.11 Å². The highest BCUT2D eigenvalue weighted by Crippen LogP contribution is 1.99. The maximum Gasteiger partial charge on any atom is 0.0916 e. The fraction of sp³-hybridized carbons (Fsp3) is 1.00.